The number of likely N-dealkylation sites (tertiary alicyclic amines) is 1. The number of nitrogens with zero attached hydrogens (tertiary/aromatic N) is 2. The summed E-state index contributed by atoms with van der Waals surface area (Å²) in [6.45, 7) is 6.05. The van der Waals surface area contributed by atoms with E-state index in [0.29, 0.717) is 5.92 Å². The Hall–Kier alpha value is -0.610. The smallest absolute Gasteiger partial charge is 0.242 e. The van der Waals surface area contributed by atoms with Crippen molar-refractivity contribution in [1.29, 1.82) is 0 Å². The Kier molecular flexibility index (Phi) is 3.17. The molecule has 0 saturated carbocycles. The summed E-state index contributed by atoms with van der Waals surface area (Å²) in [5, 5.41) is 1.21. The minimum atomic E-state index is -0.339. The average molecular weight is 199 g/mol. The predicted molar refractivity (Wildman–Crippen MR) is 56.3 cm³/mol. The zero-order chi connectivity index (χ0) is 10.9. The Morgan fingerprint density at radius 3 is 2.50 bits per heavy atom. The molecule has 82 valence electrons. The van der Waals surface area contributed by atoms with Crippen LogP contribution in [0.4, 0.5) is 0 Å². The van der Waals surface area contributed by atoms with Gasteiger partial charge in [-0.3, -0.25) is 9.80 Å². The van der Waals surface area contributed by atoms with Crippen LogP contribution in [0.3, 0.4) is 0 Å². The number of hydrogen-bond donors (Lipinski definition) is 1. The summed E-state index contributed by atoms with van der Waals surface area (Å²) in [6, 6.07) is 0. The molecular formula is C10H21N3O. The largest absolute Gasteiger partial charge is 0.306 e. The molecule has 4 nitrogen and oxygen atoms in total. The first kappa shape index (κ1) is 11.5. The van der Waals surface area contributed by atoms with Crippen molar-refractivity contribution in [2.75, 3.05) is 27.2 Å². The standard InChI is InChI=1S/C10H21N3O/c1-10(2,9(14)13(4)11)8-5-6-12(3)7-8/h8H,5-7,11H2,1-4H3. The lowest BCUT2D eigenvalue weighted by Gasteiger charge is -2.32. The lowest BCUT2D eigenvalue weighted by Crippen LogP contribution is -2.46. The van der Waals surface area contributed by atoms with Crippen LogP contribution in [0.15, 0.2) is 0 Å². The highest BCUT2D eigenvalue weighted by molar-refractivity contribution is 5.81. The van der Waals surface area contributed by atoms with Gasteiger partial charge in [0.15, 0.2) is 0 Å². The van der Waals surface area contributed by atoms with Crippen LogP contribution in [0.5, 0.6) is 0 Å². The normalized spacial score (nSPS) is 23.9. The Balaban J connectivity index is 2.69. The molecule has 2 N–H and O–H groups in total. The number of amides is 1. The van der Waals surface area contributed by atoms with Gasteiger partial charge in [-0.15, -0.1) is 0 Å². The van der Waals surface area contributed by atoms with E-state index >= 15 is 0 Å². The zero-order valence-corrected chi connectivity index (χ0v) is 9.58. The second-order valence-corrected chi connectivity index (χ2v) is 4.89. The van der Waals surface area contributed by atoms with E-state index in [4.69, 9.17) is 5.84 Å². The van der Waals surface area contributed by atoms with Crippen LogP contribution >= 0.6 is 0 Å². The van der Waals surface area contributed by atoms with Crippen molar-refractivity contribution in [3.63, 3.8) is 0 Å². The monoisotopic (exact) mass is 199 g/mol. The molecule has 1 fully saturated rings. The molecule has 0 aromatic rings. The van der Waals surface area contributed by atoms with Gasteiger partial charge in [0, 0.05) is 19.0 Å². The molecule has 0 radical (unpaired) electrons. The van der Waals surface area contributed by atoms with E-state index in [1.54, 1.807) is 7.05 Å². The van der Waals surface area contributed by atoms with E-state index < -0.39 is 0 Å². The van der Waals surface area contributed by atoms with Crippen LogP contribution in [-0.2, 0) is 4.79 Å². The zero-order valence-electron chi connectivity index (χ0n) is 9.58. The maximum Gasteiger partial charge on any atom is 0.242 e. The Morgan fingerprint density at radius 1 is 1.57 bits per heavy atom. The summed E-state index contributed by atoms with van der Waals surface area (Å²) in [5.74, 6) is 5.94. The van der Waals surface area contributed by atoms with Gasteiger partial charge in [-0.05, 0) is 25.9 Å². The molecule has 1 amide bonds. The van der Waals surface area contributed by atoms with Crippen molar-refractivity contribution < 1.29 is 4.79 Å². The van der Waals surface area contributed by atoms with E-state index in [0.717, 1.165) is 19.5 Å². The molecule has 1 heterocycles. The number of rotatable bonds is 2. The Bertz CT molecular complexity index is 225. The van der Waals surface area contributed by atoms with E-state index in [-0.39, 0.29) is 11.3 Å². The second-order valence-electron chi connectivity index (χ2n) is 4.89. The molecule has 14 heavy (non-hydrogen) atoms. The molecule has 0 spiro atoms. The summed E-state index contributed by atoms with van der Waals surface area (Å²) in [7, 11) is 3.70. The highest BCUT2D eigenvalue weighted by atomic mass is 16.2. The fraction of sp³-hybridized carbons (Fsp3) is 0.900. The van der Waals surface area contributed by atoms with Crippen molar-refractivity contribution in [3.05, 3.63) is 0 Å². The fourth-order valence-electron chi connectivity index (χ4n) is 2.15. The lowest BCUT2D eigenvalue weighted by molar-refractivity contribution is -0.142. The summed E-state index contributed by atoms with van der Waals surface area (Å²) in [6.07, 6.45) is 1.09. The molecule has 1 aliphatic heterocycles. The number of carbonyl (C=O) groups excluding carboxylic acids is 1. The van der Waals surface area contributed by atoms with Crippen molar-refractivity contribution in [2.45, 2.75) is 20.3 Å². The minimum Gasteiger partial charge on any atom is -0.306 e. The quantitative estimate of drug-likeness (QED) is 0.395. The maximum atomic E-state index is 11.8. The third kappa shape index (κ3) is 2.07. The van der Waals surface area contributed by atoms with Crippen LogP contribution in [-0.4, -0.2) is 43.0 Å². The van der Waals surface area contributed by atoms with E-state index in [1.807, 2.05) is 13.8 Å². The second kappa shape index (κ2) is 3.87. The van der Waals surface area contributed by atoms with Crippen LogP contribution in [0.1, 0.15) is 20.3 Å². The van der Waals surface area contributed by atoms with Crippen LogP contribution in [0.2, 0.25) is 0 Å². The molecule has 1 saturated heterocycles. The minimum absolute atomic E-state index is 0.0257. The third-order valence-electron chi connectivity index (χ3n) is 3.28. The molecule has 0 bridgehead atoms. The first-order chi connectivity index (χ1) is 6.35. The molecule has 0 aromatic carbocycles. The number of carbonyl (C=O) groups is 1. The summed E-state index contributed by atoms with van der Waals surface area (Å²) in [4.78, 5) is 14.1. The van der Waals surface area contributed by atoms with E-state index in [2.05, 4.69) is 11.9 Å². The molecule has 1 atom stereocenters. The van der Waals surface area contributed by atoms with Gasteiger partial charge in [0.25, 0.3) is 0 Å². The molecule has 1 rings (SSSR count). The third-order valence-corrected chi connectivity index (χ3v) is 3.28. The number of hydrazine groups is 1. The van der Waals surface area contributed by atoms with Gasteiger partial charge >= 0.3 is 0 Å². The van der Waals surface area contributed by atoms with Gasteiger partial charge in [-0.25, -0.2) is 5.84 Å². The lowest BCUT2D eigenvalue weighted by atomic mass is 9.77. The van der Waals surface area contributed by atoms with Gasteiger partial charge in [0.05, 0.1) is 0 Å². The summed E-state index contributed by atoms with van der Waals surface area (Å²) >= 11 is 0. The molecule has 4 heteroatoms. The first-order valence-electron chi connectivity index (χ1n) is 5.07. The predicted octanol–water partition coefficient (Wildman–Crippen LogP) is 0.296. The Labute approximate surface area is 86.0 Å². The van der Waals surface area contributed by atoms with Crippen LogP contribution in [0.25, 0.3) is 0 Å². The number of nitrogens with two attached hydrogens (primary N) is 1. The van der Waals surface area contributed by atoms with Gasteiger partial charge in [-0.1, -0.05) is 13.8 Å². The van der Waals surface area contributed by atoms with Crippen molar-refractivity contribution in [3.8, 4) is 0 Å². The Morgan fingerprint density at radius 2 is 2.14 bits per heavy atom. The van der Waals surface area contributed by atoms with Crippen LogP contribution < -0.4 is 5.84 Å². The molecule has 0 aliphatic carbocycles. The molecule has 1 unspecified atom stereocenters. The number of hydrogen-bond acceptors (Lipinski definition) is 3. The summed E-state index contributed by atoms with van der Waals surface area (Å²) in [5.41, 5.74) is -0.339. The highest BCUT2D eigenvalue weighted by Gasteiger charge is 2.40. The summed E-state index contributed by atoms with van der Waals surface area (Å²) < 4.78 is 0. The fourth-order valence-corrected chi connectivity index (χ4v) is 2.15. The van der Waals surface area contributed by atoms with Crippen molar-refractivity contribution >= 4 is 5.91 Å². The van der Waals surface area contributed by atoms with Crippen LogP contribution in [0, 0.1) is 11.3 Å². The highest BCUT2D eigenvalue weighted by Crippen LogP contribution is 2.34. The van der Waals surface area contributed by atoms with Gasteiger partial charge in [0.1, 0.15) is 0 Å². The van der Waals surface area contributed by atoms with Crippen molar-refractivity contribution in [2.24, 2.45) is 17.2 Å². The average Bonchev–Trinajstić information content (AvgIpc) is 2.50. The van der Waals surface area contributed by atoms with E-state index in [1.165, 1.54) is 5.01 Å². The SMILES string of the molecule is CN1CCC(C(C)(C)C(=O)N(C)N)C1. The molecular weight excluding hydrogens is 178 g/mol. The van der Waals surface area contributed by atoms with Gasteiger partial charge < -0.3 is 4.90 Å². The molecule has 1 aliphatic rings. The van der Waals surface area contributed by atoms with E-state index in [9.17, 15) is 4.79 Å². The van der Waals surface area contributed by atoms with Gasteiger partial charge in [0.2, 0.25) is 5.91 Å². The maximum absolute atomic E-state index is 11.8. The first-order valence-corrected chi connectivity index (χ1v) is 5.07. The topological polar surface area (TPSA) is 49.6 Å². The van der Waals surface area contributed by atoms with Crippen molar-refractivity contribution in [1.82, 2.24) is 9.91 Å². The van der Waals surface area contributed by atoms with Gasteiger partial charge in [-0.2, -0.15) is 0 Å². The molecule has 0 aromatic heterocycles.